The second-order valence-electron chi connectivity index (χ2n) is 4.74. The second kappa shape index (κ2) is 10.9. The molecular weight excluding hydrogens is 309 g/mol. The highest BCUT2D eigenvalue weighted by Gasteiger charge is 2.11. The molecule has 0 spiro atoms. The molecule has 0 unspecified atom stereocenters. The van der Waals surface area contributed by atoms with Crippen molar-refractivity contribution in [3.8, 4) is 5.75 Å². The van der Waals surface area contributed by atoms with Gasteiger partial charge in [0.05, 0.1) is 5.56 Å². The highest BCUT2D eigenvalue weighted by Crippen LogP contribution is 2.20. The minimum absolute atomic E-state index is 0.131. The van der Waals surface area contributed by atoms with Crippen LogP contribution in [0.2, 0.25) is 0 Å². The minimum atomic E-state index is 0.131. The first-order valence-corrected chi connectivity index (χ1v) is 8.39. The van der Waals surface area contributed by atoms with Gasteiger partial charge in [-0.05, 0) is 18.6 Å². The monoisotopic (exact) mass is 331 g/mol. The number of ether oxygens (including phenoxy) is 1. The predicted molar refractivity (Wildman–Crippen MR) is 89.1 cm³/mol. The number of benzene rings is 1. The summed E-state index contributed by atoms with van der Waals surface area (Å²) in [7, 11) is 0. The standard InChI is InChI=1S/C16H23Cl2NO2/c1-2-5-15(20)14-6-3-4-7-16(14)21-13-12-19(10-8-17)11-9-18/h3-4,6-7H,2,5,8-13H2,1H3. The van der Waals surface area contributed by atoms with Crippen LogP contribution < -0.4 is 4.74 Å². The van der Waals surface area contributed by atoms with E-state index in [4.69, 9.17) is 27.9 Å². The fourth-order valence-electron chi connectivity index (χ4n) is 2.04. The molecule has 0 saturated carbocycles. The first-order chi connectivity index (χ1) is 10.2. The number of nitrogens with zero attached hydrogens (tertiary/aromatic N) is 1. The molecule has 5 heteroatoms. The van der Waals surface area contributed by atoms with Crippen LogP contribution in [0.3, 0.4) is 0 Å². The zero-order valence-corrected chi connectivity index (χ0v) is 14.0. The normalized spacial score (nSPS) is 10.9. The number of ketones is 1. The highest BCUT2D eigenvalue weighted by atomic mass is 35.5. The molecule has 0 saturated heterocycles. The Morgan fingerprint density at radius 2 is 1.81 bits per heavy atom. The Bertz CT molecular complexity index is 420. The number of para-hydroxylation sites is 1. The summed E-state index contributed by atoms with van der Waals surface area (Å²) in [6, 6.07) is 7.41. The van der Waals surface area contributed by atoms with Crippen molar-refractivity contribution in [1.82, 2.24) is 4.90 Å². The minimum Gasteiger partial charge on any atom is -0.491 e. The molecule has 118 valence electrons. The third kappa shape index (κ3) is 6.68. The van der Waals surface area contributed by atoms with E-state index in [1.54, 1.807) is 0 Å². The van der Waals surface area contributed by atoms with E-state index in [-0.39, 0.29) is 5.78 Å². The lowest BCUT2D eigenvalue weighted by molar-refractivity contribution is 0.0977. The molecule has 1 aromatic carbocycles. The van der Waals surface area contributed by atoms with Crippen LogP contribution in [0.1, 0.15) is 30.1 Å². The lowest BCUT2D eigenvalue weighted by Crippen LogP contribution is -2.32. The molecule has 0 radical (unpaired) electrons. The second-order valence-corrected chi connectivity index (χ2v) is 5.49. The van der Waals surface area contributed by atoms with E-state index in [1.165, 1.54) is 0 Å². The van der Waals surface area contributed by atoms with Gasteiger partial charge in [0.25, 0.3) is 0 Å². The number of Topliss-reactive ketones (excluding diaryl/α,β-unsaturated/α-hetero) is 1. The third-order valence-corrected chi connectivity index (χ3v) is 3.47. The molecule has 3 nitrogen and oxygen atoms in total. The Hall–Kier alpha value is -0.770. The Kier molecular flexibility index (Phi) is 9.48. The van der Waals surface area contributed by atoms with Gasteiger partial charge in [0.1, 0.15) is 12.4 Å². The average molecular weight is 332 g/mol. The molecular formula is C16H23Cl2NO2. The van der Waals surface area contributed by atoms with Crippen LogP contribution >= 0.6 is 23.2 Å². The zero-order chi connectivity index (χ0) is 15.5. The van der Waals surface area contributed by atoms with Gasteiger partial charge in [0, 0.05) is 37.8 Å². The van der Waals surface area contributed by atoms with Crippen molar-refractivity contribution < 1.29 is 9.53 Å². The SMILES string of the molecule is CCCC(=O)c1ccccc1OCCN(CCCl)CCCl. The Labute approximate surface area is 137 Å². The van der Waals surface area contributed by atoms with Crippen LogP contribution in [0.15, 0.2) is 24.3 Å². The van der Waals surface area contributed by atoms with E-state index in [2.05, 4.69) is 4.90 Å². The van der Waals surface area contributed by atoms with E-state index >= 15 is 0 Å². The summed E-state index contributed by atoms with van der Waals surface area (Å²) < 4.78 is 5.78. The van der Waals surface area contributed by atoms with E-state index < -0.39 is 0 Å². The molecule has 0 aliphatic carbocycles. The molecule has 0 bridgehead atoms. The van der Waals surface area contributed by atoms with Crippen LogP contribution in [0.5, 0.6) is 5.75 Å². The maximum atomic E-state index is 12.0. The number of hydrogen-bond acceptors (Lipinski definition) is 3. The van der Waals surface area contributed by atoms with Gasteiger partial charge in [0.2, 0.25) is 0 Å². The fourth-order valence-corrected chi connectivity index (χ4v) is 2.52. The van der Waals surface area contributed by atoms with Crippen molar-refractivity contribution in [3.05, 3.63) is 29.8 Å². The van der Waals surface area contributed by atoms with Gasteiger partial charge in [-0.3, -0.25) is 9.69 Å². The largest absolute Gasteiger partial charge is 0.491 e. The molecule has 0 atom stereocenters. The van der Waals surface area contributed by atoms with Crippen molar-refractivity contribution in [2.24, 2.45) is 0 Å². The Balaban J connectivity index is 2.56. The third-order valence-electron chi connectivity index (χ3n) is 3.13. The first kappa shape index (κ1) is 18.3. The summed E-state index contributed by atoms with van der Waals surface area (Å²) in [4.78, 5) is 14.2. The van der Waals surface area contributed by atoms with Crippen LogP contribution in [-0.4, -0.2) is 48.7 Å². The van der Waals surface area contributed by atoms with Crippen molar-refractivity contribution in [2.45, 2.75) is 19.8 Å². The molecule has 0 fully saturated rings. The maximum Gasteiger partial charge on any atom is 0.166 e. The van der Waals surface area contributed by atoms with Gasteiger partial charge in [-0.15, -0.1) is 23.2 Å². The summed E-state index contributed by atoms with van der Waals surface area (Å²) >= 11 is 11.5. The lowest BCUT2D eigenvalue weighted by atomic mass is 10.1. The molecule has 1 aromatic rings. The molecule has 0 amide bonds. The molecule has 0 aliphatic rings. The molecule has 1 rings (SSSR count). The van der Waals surface area contributed by atoms with Crippen LogP contribution in [0.25, 0.3) is 0 Å². The zero-order valence-electron chi connectivity index (χ0n) is 12.5. The van der Waals surface area contributed by atoms with Crippen LogP contribution in [0.4, 0.5) is 0 Å². The van der Waals surface area contributed by atoms with Gasteiger partial charge in [0.15, 0.2) is 5.78 Å². The summed E-state index contributed by atoms with van der Waals surface area (Å²) in [5, 5.41) is 0. The van der Waals surface area contributed by atoms with Crippen molar-refractivity contribution in [2.75, 3.05) is 38.0 Å². The van der Waals surface area contributed by atoms with Crippen molar-refractivity contribution in [3.63, 3.8) is 0 Å². The van der Waals surface area contributed by atoms with Crippen LogP contribution in [0, 0.1) is 0 Å². The van der Waals surface area contributed by atoms with E-state index in [1.807, 2.05) is 31.2 Å². The molecule has 0 aromatic heterocycles. The van der Waals surface area contributed by atoms with Gasteiger partial charge >= 0.3 is 0 Å². The molecule has 21 heavy (non-hydrogen) atoms. The van der Waals surface area contributed by atoms with Crippen molar-refractivity contribution >= 4 is 29.0 Å². The lowest BCUT2D eigenvalue weighted by Gasteiger charge is -2.20. The maximum absolute atomic E-state index is 12.0. The number of halogens is 2. The molecule has 0 heterocycles. The Morgan fingerprint density at radius 1 is 1.14 bits per heavy atom. The summed E-state index contributed by atoms with van der Waals surface area (Å²) in [6.45, 7) is 4.83. The molecule has 0 N–H and O–H groups in total. The van der Waals surface area contributed by atoms with E-state index in [9.17, 15) is 4.79 Å². The number of carbonyl (C=O) groups excluding carboxylic acids is 1. The topological polar surface area (TPSA) is 29.5 Å². The summed E-state index contributed by atoms with van der Waals surface area (Å²) in [5.74, 6) is 1.93. The average Bonchev–Trinajstić information content (AvgIpc) is 2.48. The summed E-state index contributed by atoms with van der Waals surface area (Å²) in [5.41, 5.74) is 0.667. The Morgan fingerprint density at radius 3 is 2.43 bits per heavy atom. The van der Waals surface area contributed by atoms with Gasteiger partial charge < -0.3 is 4.74 Å². The predicted octanol–water partition coefficient (Wildman–Crippen LogP) is 3.83. The van der Waals surface area contributed by atoms with Gasteiger partial charge in [-0.25, -0.2) is 0 Å². The first-order valence-electron chi connectivity index (χ1n) is 7.32. The smallest absolute Gasteiger partial charge is 0.166 e. The quantitative estimate of drug-likeness (QED) is 0.456. The highest BCUT2D eigenvalue weighted by molar-refractivity contribution is 6.18. The van der Waals surface area contributed by atoms with Gasteiger partial charge in [-0.1, -0.05) is 19.1 Å². The van der Waals surface area contributed by atoms with Crippen molar-refractivity contribution in [1.29, 1.82) is 0 Å². The number of carbonyl (C=O) groups is 1. The fraction of sp³-hybridized carbons (Fsp3) is 0.562. The van der Waals surface area contributed by atoms with E-state index in [0.717, 1.165) is 26.1 Å². The number of hydrogen-bond donors (Lipinski definition) is 0. The summed E-state index contributed by atoms with van der Waals surface area (Å²) in [6.07, 6.45) is 1.39. The van der Waals surface area contributed by atoms with Crippen LogP contribution in [-0.2, 0) is 0 Å². The molecule has 0 aliphatic heterocycles. The van der Waals surface area contributed by atoms with E-state index in [0.29, 0.717) is 36.1 Å². The number of alkyl halides is 2. The number of rotatable bonds is 11. The van der Waals surface area contributed by atoms with Gasteiger partial charge in [-0.2, -0.15) is 0 Å².